The van der Waals surface area contributed by atoms with Crippen LogP contribution >= 0.6 is 11.3 Å². The number of ether oxygens (including phenoxy) is 2. The van der Waals surface area contributed by atoms with Gasteiger partial charge in [-0.2, -0.15) is 0 Å². The van der Waals surface area contributed by atoms with Gasteiger partial charge in [0.15, 0.2) is 11.5 Å². The molecule has 2 aromatic carbocycles. The van der Waals surface area contributed by atoms with Crippen LogP contribution in [-0.2, 0) is 6.61 Å². The number of carbonyl (C=O) groups excluding carboxylic acids is 1. The molecule has 0 N–H and O–H groups in total. The summed E-state index contributed by atoms with van der Waals surface area (Å²) in [6.07, 6.45) is 0. The highest BCUT2D eigenvalue weighted by Crippen LogP contribution is 2.34. The Kier molecular flexibility index (Phi) is 6.49. The minimum Gasteiger partial charge on any atom is -0.493 e. The van der Waals surface area contributed by atoms with Gasteiger partial charge in [-0.3, -0.25) is 4.79 Å². The van der Waals surface area contributed by atoms with Gasteiger partial charge in [0.25, 0.3) is 5.91 Å². The molecular weight excluding hydrogens is 391 g/mol. The Hall–Kier alpha value is -2.93. The smallest absolute Gasteiger partial charge is 0.273 e. The van der Waals surface area contributed by atoms with Crippen molar-refractivity contribution < 1.29 is 18.7 Å². The Balaban J connectivity index is 1.77. The fourth-order valence-corrected chi connectivity index (χ4v) is 3.42. The summed E-state index contributed by atoms with van der Waals surface area (Å²) in [7, 11) is 3.32. The maximum atomic E-state index is 13.3. The molecule has 0 radical (unpaired) electrons. The van der Waals surface area contributed by atoms with E-state index in [1.54, 1.807) is 42.6 Å². The van der Waals surface area contributed by atoms with Gasteiger partial charge >= 0.3 is 0 Å². The number of carbonyl (C=O) groups is 1. The summed E-state index contributed by atoms with van der Waals surface area (Å²) in [5, 5.41) is 2.48. The van der Waals surface area contributed by atoms with Crippen molar-refractivity contribution in [2.45, 2.75) is 26.5 Å². The summed E-state index contributed by atoms with van der Waals surface area (Å²) in [5.74, 6) is 0.685. The Morgan fingerprint density at radius 1 is 1.21 bits per heavy atom. The third-order valence-corrected chi connectivity index (χ3v) is 5.40. The molecule has 0 aliphatic carbocycles. The van der Waals surface area contributed by atoms with Crippen molar-refractivity contribution >= 4 is 17.2 Å². The molecule has 3 rings (SSSR count). The lowest BCUT2D eigenvalue weighted by Crippen LogP contribution is -2.33. The first kappa shape index (κ1) is 20.8. The Labute approximate surface area is 173 Å². The van der Waals surface area contributed by atoms with Gasteiger partial charge in [0.2, 0.25) is 0 Å². The first-order chi connectivity index (χ1) is 13.9. The number of methoxy groups -OCH3 is 1. The molecule has 0 saturated carbocycles. The highest BCUT2D eigenvalue weighted by Gasteiger charge is 2.18. The van der Waals surface area contributed by atoms with E-state index in [0.29, 0.717) is 17.2 Å². The lowest BCUT2D eigenvalue weighted by Gasteiger charge is -2.20. The summed E-state index contributed by atoms with van der Waals surface area (Å²) in [6, 6.07) is 11.8. The topological polar surface area (TPSA) is 51.7 Å². The van der Waals surface area contributed by atoms with Crippen molar-refractivity contribution in [1.29, 1.82) is 0 Å². The number of halogens is 1. The van der Waals surface area contributed by atoms with Crippen LogP contribution in [-0.4, -0.2) is 36.0 Å². The van der Waals surface area contributed by atoms with Gasteiger partial charge in [-0.05, 0) is 49.7 Å². The van der Waals surface area contributed by atoms with Gasteiger partial charge in [-0.15, -0.1) is 11.3 Å². The normalized spacial score (nSPS) is 10.8. The van der Waals surface area contributed by atoms with Crippen LogP contribution in [0.25, 0.3) is 10.6 Å². The van der Waals surface area contributed by atoms with Gasteiger partial charge in [0.1, 0.15) is 23.1 Å². The second kappa shape index (κ2) is 9.05. The standard InChI is InChI=1S/C22H23FN2O3S/c1-14(2)25(3)22(26)18-13-29-21(24-18)16-8-9-19(20(11-16)27-4)28-12-15-6-5-7-17(23)10-15/h5-11,13-14H,12H2,1-4H3. The first-order valence-electron chi connectivity index (χ1n) is 9.17. The van der Waals surface area contributed by atoms with Crippen LogP contribution in [0.15, 0.2) is 47.8 Å². The number of aromatic nitrogens is 1. The van der Waals surface area contributed by atoms with Crippen LogP contribution in [0.3, 0.4) is 0 Å². The fraction of sp³-hybridized carbons (Fsp3) is 0.273. The number of rotatable bonds is 7. The third kappa shape index (κ3) is 4.92. The molecule has 0 atom stereocenters. The monoisotopic (exact) mass is 414 g/mol. The minimum absolute atomic E-state index is 0.0993. The summed E-state index contributed by atoms with van der Waals surface area (Å²) in [6.45, 7) is 4.14. The number of thiazole rings is 1. The Bertz CT molecular complexity index is 1000. The predicted molar refractivity (Wildman–Crippen MR) is 112 cm³/mol. The van der Waals surface area contributed by atoms with Gasteiger partial charge in [0, 0.05) is 24.0 Å². The molecule has 152 valence electrons. The second-order valence-electron chi connectivity index (χ2n) is 6.83. The lowest BCUT2D eigenvalue weighted by molar-refractivity contribution is 0.0750. The zero-order valence-corrected chi connectivity index (χ0v) is 17.6. The average Bonchev–Trinajstić information content (AvgIpc) is 3.21. The molecule has 1 amide bonds. The molecule has 1 heterocycles. The van der Waals surface area contributed by atoms with E-state index < -0.39 is 0 Å². The van der Waals surface area contributed by atoms with E-state index in [9.17, 15) is 9.18 Å². The molecule has 5 nitrogen and oxygen atoms in total. The highest BCUT2D eigenvalue weighted by atomic mass is 32.1. The molecule has 0 spiro atoms. The molecule has 0 unspecified atom stereocenters. The van der Waals surface area contributed by atoms with Crippen LogP contribution in [0.2, 0.25) is 0 Å². The van der Waals surface area contributed by atoms with Gasteiger partial charge in [0.05, 0.1) is 7.11 Å². The van der Waals surface area contributed by atoms with Crippen LogP contribution in [0.1, 0.15) is 29.9 Å². The SMILES string of the molecule is COc1cc(-c2nc(C(=O)N(C)C(C)C)cs2)ccc1OCc1cccc(F)c1. The molecule has 1 aromatic heterocycles. The largest absolute Gasteiger partial charge is 0.493 e. The van der Waals surface area contributed by atoms with Crippen molar-refractivity contribution in [3.8, 4) is 22.1 Å². The number of nitrogens with zero attached hydrogens (tertiary/aromatic N) is 2. The molecule has 0 saturated heterocycles. The average molecular weight is 415 g/mol. The predicted octanol–water partition coefficient (Wildman–Crippen LogP) is 5.02. The lowest BCUT2D eigenvalue weighted by atomic mass is 10.2. The van der Waals surface area contributed by atoms with Crippen LogP contribution in [0.5, 0.6) is 11.5 Å². The summed E-state index contributed by atoms with van der Waals surface area (Å²) >= 11 is 1.40. The maximum absolute atomic E-state index is 13.3. The van der Waals surface area contributed by atoms with E-state index in [2.05, 4.69) is 4.98 Å². The molecular formula is C22H23FN2O3S. The third-order valence-electron chi connectivity index (χ3n) is 4.51. The number of hydrogen-bond donors (Lipinski definition) is 0. The van der Waals surface area contributed by atoms with E-state index >= 15 is 0 Å². The van der Waals surface area contributed by atoms with Crippen LogP contribution in [0, 0.1) is 5.82 Å². The van der Waals surface area contributed by atoms with E-state index in [1.165, 1.54) is 23.5 Å². The molecule has 0 aliphatic heterocycles. The van der Waals surface area contributed by atoms with Crippen molar-refractivity contribution in [3.05, 3.63) is 64.9 Å². The molecule has 0 fully saturated rings. The van der Waals surface area contributed by atoms with Crippen molar-refractivity contribution in [3.63, 3.8) is 0 Å². The van der Waals surface area contributed by atoms with Crippen molar-refractivity contribution in [1.82, 2.24) is 9.88 Å². The number of hydrogen-bond acceptors (Lipinski definition) is 5. The zero-order valence-electron chi connectivity index (χ0n) is 16.8. The molecule has 29 heavy (non-hydrogen) atoms. The van der Waals surface area contributed by atoms with E-state index in [0.717, 1.165) is 16.1 Å². The second-order valence-corrected chi connectivity index (χ2v) is 7.69. The molecule has 7 heteroatoms. The Morgan fingerprint density at radius 3 is 2.69 bits per heavy atom. The quantitative estimate of drug-likeness (QED) is 0.545. The van der Waals surface area contributed by atoms with Crippen LogP contribution in [0.4, 0.5) is 4.39 Å². The summed E-state index contributed by atoms with van der Waals surface area (Å²) < 4.78 is 24.6. The van der Waals surface area contributed by atoms with Crippen molar-refractivity contribution in [2.24, 2.45) is 0 Å². The van der Waals surface area contributed by atoms with Gasteiger partial charge in [-0.1, -0.05) is 12.1 Å². The zero-order chi connectivity index (χ0) is 21.0. The first-order valence-corrected chi connectivity index (χ1v) is 10.1. The van der Waals surface area contributed by atoms with E-state index in [4.69, 9.17) is 9.47 Å². The molecule has 3 aromatic rings. The van der Waals surface area contributed by atoms with Crippen LogP contribution < -0.4 is 9.47 Å². The molecule has 0 bridgehead atoms. The summed E-state index contributed by atoms with van der Waals surface area (Å²) in [4.78, 5) is 18.6. The van der Waals surface area contributed by atoms with E-state index in [-0.39, 0.29) is 24.4 Å². The maximum Gasteiger partial charge on any atom is 0.273 e. The fourth-order valence-electron chi connectivity index (χ4n) is 2.63. The minimum atomic E-state index is -0.300. The van der Waals surface area contributed by atoms with Crippen molar-refractivity contribution in [2.75, 3.05) is 14.2 Å². The van der Waals surface area contributed by atoms with E-state index in [1.807, 2.05) is 26.0 Å². The number of benzene rings is 2. The van der Waals surface area contributed by atoms with Gasteiger partial charge < -0.3 is 14.4 Å². The number of amides is 1. The van der Waals surface area contributed by atoms with Gasteiger partial charge in [-0.25, -0.2) is 9.37 Å². The highest BCUT2D eigenvalue weighted by molar-refractivity contribution is 7.13. The Morgan fingerprint density at radius 2 is 2.00 bits per heavy atom. The summed E-state index contributed by atoms with van der Waals surface area (Å²) in [5.41, 5.74) is 1.98. The molecule has 0 aliphatic rings.